The summed E-state index contributed by atoms with van der Waals surface area (Å²) in [7, 11) is 0. The summed E-state index contributed by atoms with van der Waals surface area (Å²) < 4.78 is 6.33. The van der Waals surface area contributed by atoms with Crippen molar-refractivity contribution in [2.24, 2.45) is 17.6 Å². The largest absolute Gasteiger partial charge is 0.489 e. The summed E-state index contributed by atoms with van der Waals surface area (Å²) >= 11 is 0. The van der Waals surface area contributed by atoms with E-state index in [0.717, 1.165) is 38.0 Å². The fraction of sp³-hybridized carbons (Fsp3) is 0.600. The van der Waals surface area contributed by atoms with E-state index in [9.17, 15) is 10.2 Å². The number of para-hydroxylation sites is 1. The molecule has 0 radical (unpaired) electrons. The van der Waals surface area contributed by atoms with E-state index < -0.39 is 12.2 Å². The zero-order valence-electron chi connectivity index (χ0n) is 17.7. The molecule has 2 aliphatic rings. The number of benzene rings is 1. The molecular weight excluding hydrogens is 362 g/mol. The highest BCUT2D eigenvalue weighted by atomic mass is 16.5. The van der Waals surface area contributed by atoms with Crippen LogP contribution in [0.2, 0.25) is 0 Å². The van der Waals surface area contributed by atoms with Crippen LogP contribution in [0.1, 0.15) is 63.0 Å². The van der Waals surface area contributed by atoms with Gasteiger partial charge >= 0.3 is 0 Å². The molecule has 158 valence electrons. The van der Waals surface area contributed by atoms with E-state index in [4.69, 9.17) is 10.5 Å². The van der Waals surface area contributed by atoms with Crippen molar-refractivity contribution in [3.8, 4) is 17.6 Å². The minimum absolute atomic E-state index is 0.0142. The Morgan fingerprint density at radius 2 is 2.14 bits per heavy atom. The molecule has 1 aromatic rings. The molecule has 1 aliphatic heterocycles. The average Bonchev–Trinajstić information content (AvgIpc) is 3.22. The summed E-state index contributed by atoms with van der Waals surface area (Å²) in [4.78, 5) is 0. The number of ether oxygens (including phenoxy) is 1. The van der Waals surface area contributed by atoms with Gasteiger partial charge in [0.05, 0.1) is 12.2 Å². The van der Waals surface area contributed by atoms with Gasteiger partial charge in [0.15, 0.2) is 0 Å². The maximum absolute atomic E-state index is 10.6. The van der Waals surface area contributed by atoms with Crippen LogP contribution in [0, 0.1) is 23.7 Å². The SMILES string of the molecule is CC#CC[C@H](C)[C@H](O)/C=C/[C@@H]1[C@H]2c3cccc(CCCCCN)c3O[C@H]2C[C@H]1O. The molecule has 0 unspecified atom stereocenters. The monoisotopic (exact) mass is 397 g/mol. The van der Waals surface area contributed by atoms with Crippen molar-refractivity contribution in [3.05, 3.63) is 41.5 Å². The Morgan fingerprint density at radius 3 is 2.90 bits per heavy atom. The van der Waals surface area contributed by atoms with Gasteiger partial charge in [-0.2, -0.15) is 0 Å². The van der Waals surface area contributed by atoms with Crippen LogP contribution in [0.15, 0.2) is 30.4 Å². The lowest BCUT2D eigenvalue weighted by Crippen LogP contribution is -2.19. The number of hydrogen-bond donors (Lipinski definition) is 3. The number of rotatable bonds is 9. The smallest absolute Gasteiger partial charge is 0.126 e. The van der Waals surface area contributed by atoms with Gasteiger partial charge in [-0.1, -0.05) is 43.7 Å². The summed E-state index contributed by atoms with van der Waals surface area (Å²) in [5.41, 5.74) is 8.07. The summed E-state index contributed by atoms with van der Waals surface area (Å²) in [6.45, 7) is 4.56. The van der Waals surface area contributed by atoms with E-state index in [2.05, 4.69) is 30.0 Å². The molecule has 4 N–H and O–H groups in total. The molecular formula is C25H35NO3. The first-order valence-corrected chi connectivity index (χ1v) is 11.0. The second kappa shape index (κ2) is 10.3. The van der Waals surface area contributed by atoms with Crippen LogP contribution >= 0.6 is 0 Å². The summed E-state index contributed by atoms with van der Waals surface area (Å²) in [5.74, 6) is 7.11. The highest BCUT2D eigenvalue weighted by Gasteiger charge is 2.48. The molecule has 1 saturated carbocycles. The van der Waals surface area contributed by atoms with Gasteiger partial charge in [-0.15, -0.1) is 11.8 Å². The first-order valence-electron chi connectivity index (χ1n) is 11.0. The number of hydrogen-bond acceptors (Lipinski definition) is 4. The first kappa shape index (κ1) is 21.9. The van der Waals surface area contributed by atoms with Crippen molar-refractivity contribution in [1.29, 1.82) is 0 Å². The Kier molecular flexibility index (Phi) is 7.77. The van der Waals surface area contributed by atoms with Gasteiger partial charge in [0.2, 0.25) is 0 Å². The Hall–Kier alpha value is -1.80. The fourth-order valence-corrected chi connectivity index (χ4v) is 4.62. The topological polar surface area (TPSA) is 75.7 Å². The third kappa shape index (κ3) is 5.04. The number of aliphatic hydroxyl groups is 2. The second-order valence-corrected chi connectivity index (χ2v) is 8.48. The number of fused-ring (bicyclic) bond motifs is 3. The number of aliphatic hydroxyl groups excluding tert-OH is 2. The second-order valence-electron chi connectivity index (χ2n) is 8.48. The molecule has 1 fully saturated rings. The standard InChI is InChI=1S/C25H35NO3/c1-3-4-9-17(2)21(27)14-13-19-22(28)16-23-24(19)20-12-8-11-18(25(20)29-23)10-6-5-7-15-26/h8,11-14,17,19,21-24,27-28H,5-7,9-10,15-16,26H2,1-2H3/b14-13+/t17-,19-,21+,22+,23-,24-/m0/s1. The third-order valence-electron chi connectivity index (χ3n) is 6.35. The average molecular weight is 398 g/mol. The van der Waals surface area contributed by atoms with Gasteiger partial charge in [-0.25, -0.2) is 0 Å². The minimum Gasteiger partial charge on any atom is -0.489 e. The molecule has 0 bridgehead atoms. The van der Waals surface area contributed by atoms with E-state index in [-0.39, 0.29) is 23.9 Å². The van der Waals surface area contributed by atoms with Crippen LogP contribution in [0.4, 0.5) is 0 Å². The van der Waals surface area contributed by atoms with Crippen LogP contribution < -0.4 is 10.5 Å². The van der Waals surface area contributed by atoms with Gasteiger partial charge in [-0.05, 0) is 44.2 Å². The molecule has 0 saturated heterocycles. The Labute approximate surface area is 175 Å². The lowest BCUT2D eigenvalue weighted by molar-refractivity contribution is 0.134. The summed E-state index contributed by atoms with van der Waals surface area (Å²) in [6, 6.07) is 6.40. The zero-order chi connectivity index (χ0) is 20.8. The number of unbranched alkanes of at least 4 members (excludes halogenated alkanes) is 2. The van der Waals surface area contributed by atoms with E-state index in [1.54, 1.807) is 0 Å². The van der Waals surface area contributed by atoms with Crippen molar-refractivity contribution in [1.82, 2.24) is 0 Å². The Morgan fingerprint density at radius 1 is 1.31 bits per heavy atom. The quantitative estimate of drug-likeness (QED) is 0.338. The van der Waals surface area contributed by atoms with Gasteiger partial charge in [-0.3, -0.25) is 0 Å². The lowest BCUT2D eigenvalue weighted by atomic mass is 9.86. The van der Waals surface area contributed by atoms with Crippen molar-refractivity contribution in [2.45, 2.75) is 76.6 Å². The first-order chi connectivity index (χ1) is 14.1. The van der Waals surface area contributed by atoms with Crippen molar-refractivity contribution >= 4 is 0 Å². The highest BCUT2D eigenvalue weighted by molar-refractivity contribution is 5.49. The Bertz CT molecular complexity index is 763. The minimum atomic E-state index is -0.558. The molecule has 3 rings (SSSR count). The predicted molar refractivity (Wildman–Crippen MR) is 117 cm³/mol. The van der Waals surface area contributed by atoms with E-state index in [1.807, 2.05) is 26.0 Å². The van der Waals surface area contributed by atoms with Crippen molar-refractivity contribution in [2.75, 3.05) is 6.54 Å². The fourth-order valence-electron chi connectivity index (χ4n) is 4.62. The van der Waals surface area contributed by atoms with E-state index in [1.165, 1.54) is 11.1 Å². The lowest BCUT2D eigenvalue weighted by Gasteiger charge is -2.19. The summed E-state index contributed by atoms with van der Waals surface area (Å²) in [5, 5.41) is 21.1. The molecule has 1 aromatic carbocycles. The third-order valence-corrected chi connectivity index (χ3v) is 6.35. The highest BCUT2D eigenvalue weighted by Crippen LogP contribution is 2.52. The normalized spacial score (nSPS) is 27.1. The molecule has 0 spiro atoms. The number of nitrogens with two attached hydrogens (primary N) is 1. The van der Waals surface area contributed by atoms with Crippen LogP contribution in [0.3, 0.4) is 0 Å². The van der Waals surface area contributed by atoms with Crippen molar-refractivity contribution in [3.63, 3.8) is 0 Å². The zero-order valence-corrected chi connectivity index (χ0v) is 17.7. The van der Waals surface area contributed by atoms with Gasteiger partial charge in [0, 0.05) is 30.2 Å². The predicted octanol–water partition coefficient (Wildman–Crippen LogP) is 3.55. The molecule has 29 heavy (non-hydrogen) atoms. The molecule has 0 amide bonds. The van der Waals surface area contributed by atoms with Gasteiger partial charge in [0.25, 0.3) is 0 Å². The maximum atomic E-state index is 10.6. The Balaban J connectivity index is 1.72. The number of aryl methyl sites for hydroxylation is 1. The van der Waals surface area contributed by atoms with Gasteiger partial charge in [0.1, 0.15) is 11.9 Å². The maximum Gasteiger partial charge on any atom is 0.126 e. The van der Waals surface area contributed by atoms with Crippen LogP contribution in [-0.2, 0) is 6.42 Å². The summed E-state index contributed by atoms with van der Waals surface area (Å²) in [6.07, 6.45) is 8.46. The van der Waals surface area contributed by atoms with Crippen LogP contribution in [0.5, 0.6) is 5.75 Å². The van der Waals surface area contributed by atoms with Crippen molar-refractivity contribution < 1.29 is 14.9 Å². The van der Waals surface area contributed by atoms with E-state index >= 15 is 0 Å². The van der Waals surface area contributed by atoms with Gasteiger partial charge < -0.3 is 20.7 Å². The van der Waals surface area contributed by atoms with Crippen LogP contribution in [-0.4, -0.2) is 35.1 Å². The van der Waals surface area contributed by atoms with Crippen LogP contribution in [0.25, 0.3) is 0 Å². The van der Waals surface area contributed by atoms with E-state index in [0.29, 0.717) is 12.8 Å². The molecule has 1 aliphatic carbocycles. The molecule has 1 heterocycles. The molecule has 4 heteroatoms. The molecule has 4 nitrogen and oxygen atoms in total. The molecule has 6 atom stereocenters. The molecule has 0 aromatic heterocycles.